The van der Waals surface area contributed by atoms with Crippen LogP contribution in [-0.2, 0) is 25.8 Å². The zero-order chi connectivity index (χ0) is 16.3. The zero-order valence-electron chi connectivity index (χ0n) is 13.7. The summed E-state index contributed by atoms with van der Waals surface area (Å²) in [5, 5.41) is 4.26. The van der Waals surface area contributed by atoms with E-state index >= 15 is 0 Å². The molecule has 0 radical (unpaired) electrons. The lowest BCUT2D eigenvalue weighted by Crippen LogP contribution is -2.49. The van der Waals surface area contributed by atoms with E-state index in [4.69, 9.17) is 9.47 Å². The Bertz CT molecular complexity index is 663. The van der Waals surface area contributed by atoms with Crippen molar-refractivity contribution in [1.82, 2.24) is 9.78 Å². The van der Waals surface area contributed by atoms with Crippen LogP contribution in [0, 0.1) is 24.7 Å². The summed E-state index contributed by atoms with van der Waals surface area (Å²) in [6, 6.07) is 1.91. The summed E-state index contributed by atoms with van der Waals surface area (Å²) < 4.78 is 12.6. The van der Waals surface area contributed by atoms with E-state index in [1.807, 2.05) is 40.7 Å². The summed E-state index contributed by atoms with van der Waals surface area (Å²) in [5.41, 5.74) is -0.586. The molecule has 0 aromatic carbocycles. The van der Waals surface area contributed by atoms with Crippen molar-refractivity contribution in [3.63, 3.8) is 0 Å². The maximum Gasteiger partial charge on any atom is 0.353 e. The average molecular weight is 306 g/mol. The van der Waals surface area contributed by atoms with Crippen molar-refractivity contribution in [3.05, 3.63) is 17.5 Å². The molecule has 22 heavy (non-hydrogen) atoms. The number of rotatable bonds is 3. The molecule has 1 aromatic heterocycles. The number of nitrogens with zero attached hydrogens (tertiary/aromatic N) is 2. The minimum absolute atomic E-state index is 0.0323. The number of fused-ring (bicyclic) bond motifs is 2. The van der Waals surface area contributed by atoms with E-state index in [2.05, 4.69) is 5.10 Å². The van der Waals surface area contributed by atoms with Gasteiger partial charge in [0, 0.05) is 11.1 Å². The second-order valence-corrected chi connectivity index (χ2v) is 7.16. The molecule has 2 heterocycles. The van der Waals surface area contributed by atoms with Crippen molar-refractivity contribution < 1.29 is 19.1 Å². The highest BCUT2D eigenvalue weighted by Crippen LogP contribution is 2.65. The first kappa shape index (κ1) is 15.1. The number of hydrogen-bond acceptors (Lipinski definition) is 5. The molecule has 1 saturated carbocycles. The van der Waals surface area contributed by atoms with Crippen LogP contribution in [0.1, 0.15) is 45.0 Å². The third kappa shape index (κ3) is 1.63. The number of hydrogen-bond donors (Lipinski definition) is 0. The highest BCUT2D eigenvalue weighted by atomic mass is 16.6. The first-order valence-electron chi connectivity index (χ1n) is 7.56. The van der Waals surface area contributed by atoms with Crippen molar-refractivity contribution in [2.24, 2.45) is 10.8 Å². The SMILES string of the molecule is Cc1cc(C)n(COC(=O)C23CCC(C)(C(=O)O2)C3(C)C)n1. The Morgan fingerprint density at radius 1 is 1.36 bits per heavy atom. The smallest absolute Gasteiger partial charge is 0.353 e. The van der Waals surface area contributed by atoms with E-state index in [-0.39, 0.29) is 12.7 Å². The van der Waals surface area contributed by atoms with Crippen molar-refractivity contribution >= 4 is 11.9 Å². The summed E-state index contributed by atoms with van der Waals surface area (Å²) in [5.74, 6) is -0.772. The molecule has 1 aliphatic carbocycles. The molecule has 0 N–H and O–H groups in total. The van der Waals surface area contributed by atoms with Gasteiger partial charge in [-0.1, -0.05) is 13.8 Å². The van der Waals surface area contributed by atoms with E-state index in [1.165, 1.54) is 0 Å². The fourth-order valence-corrected chi connectivity index (χ4v) is 3.74. The second kappa shape index (κ2) is 4.33. The Morgan fingerprint density at radius 3 is 2.50 bits per heavy atom. The average Bonchev–Trinajstić information content (AvgIpc) is 2.91. The lowest BCUT2D eigenvalue weighted by molar-refractivity contribution is -0.186. The summed E-state index contributed by atoms with van der Waals surface area (Å²) in [7, 11) is 0. The van der Waals surface area contributed by atoms with Gasteiger partial charge >= 0.3 is 11.9 Å². The summed E-state index contributed by atoms with van der Waals surface area (Å²) in [4.78, 5) is 24.8. The molecule has 1 aliphatic heterocycles. The fourth-order valence-electron chi connectivity index (χ4n) is 3.74. The number of carbonyl (C=O) groups excluding carboxylic acids is 2. The number of carbonyl (C=O) groups is 2. The number of esters is 2. The van der Waals surface area contributed by atoms with Gasteiger partial charge in [-0.25, -0.2) is 9.48 Å². The highest BCUT2D eigenvalue weighted by Gasteiger charge is 2.76. The molecule has 0 spiro atoms. The van der Waals surface area contributed by atoms with Crippen LogP contribution in [0.2, 0.25) is 0 Å². The first-order chi connectivity index (χ1) is 10.1. The molecular formula is C16H22N2O4. The van der Waals surface area contributed by atoms with Crippen LogP contribution in [-0.4, -0.2) is 27.3 Å². The van der Waals surface area contributed by atoms with E-state index < -0.39 is 22.4 Å². The van der Waals surface area contributed by atoms with Crippen molar-refractivity contribution in [2.45, 2.75) is 59.8 Å². The molecule has 2 bridgehead atoms. The number of aryl methyl sites for hydroxylation is 2. The molecule has 1 saturated heterocycles. The van der Waals surface area contributed by atoms with Crippen LogP contribution in [0.4, 0.5) is 0 Å². The molecule has 6 heteroatoms. The molecule has 2 unspecified atom stereocenters. The monoisotopic (exact) mass is 306 g/mol. The third-order valence-electron chi connectivity index (χ3n) is 5.83. The first-order valence-corrected chi connectivity index (χ1v) is 7.56. The summed E-state index contributed by atoms with van der Waals surface area (Å²) in [6.45, 7) is 9.51. The Morgan fingerprint density at radius 2 is 2.05 bits per heavy atom. The number of aromatic nitrogens is 2. The predicted octanol–water partition coefficient (Wildman–Crippen LogP) is 2.12. The van der Waals surface area contributed by atoms with Crippen molar-refractivity contribution in [2.75, 3.05) is 0 Å². The standard InChI is InChI=1S/C16H22N2O4/c1-10-8-11(2)18(17-10)9-21-13(20)16-7-6-15(5,12(19)22-16)14(16,3)4/h8H,6-7,9H2,1-5H3. The summed E-state index contributed by atoms with van der Waals surface area (Å²) in [6.07, 6.45) is 1.16. The Balaban J connectivity index is 1.81. The van der Waals surface area contributed by atoms with Crippen LogP contribution in [0.25, 0.3) is 0 Å². The molecule has 2 fully saturated rings. The van der Waals surface area contributed by atoms with E-state index in [0.29, 0.717) is 12.8 Å². The van der Waals surface area contributed by atoms with Crippen LogP contribution >= 0.6 is 0 Å². The summed E-state index contributed by atoms with van der Waals surface area (Å²) >= 11 is 0. The van der Waals surface area contributed by atoms with Gasteiger partial charge in [0.15, 0.2) is 6.73 Å². The highest BCUT2D eigenvalue weighted by molar-refractivity contribution is 5.93. The van der Waals surface area contributed by atoms with Gasteiger partial charge in [-0.05, 0) is 39.7 Å². The Labute approximate surface area is 129 Å². The molecule has 120 valence electrons. The van der Waals surface area contributed by atoms with Crippen LogP contribution in [0.15, 0.2) is 6.07 Å². The molecule has 6 nitrogen and oxygen atoms in total. The van der Waals surface area contributed by atoms with Gasteiger partial charge in [0.05, 0.1) is 11.1 Å². The zero-order valence-corrected chi connectivity index (χ0v) is 13.7. The molecule has 1 aromatic rings. The van der Waals surface area contributed by atoms with Gasteiger partial charge in [0.25, 0.3) is 0 Å². The quantitative estimate of drug-likeness (QED) is 0.800. The lowest BCUT2D eigenvalue weighted by Gasteiger charge is -2.34. The van der Waals surface area contributed by atoms with Gasteiger partial charge in [0.2, 0.25) is 5.60 Å². The second-order valence-electron chi connectivity index (χ2n) is 7.16. The van der Waals surface area contributed by atoms with E-state index in [1.54, 1.807) is 4.68 Å². The van der Waals surface area contributed by atoms with E-state index in [9.17, 15) is 9.59 Å². The maximum atomic E-state index is 12.7. The van der Waals surface area contributed by atoms with Crippen LogP contribution in [0.5, 0.6) is 0 Å². The maximum absolute atomic E-state index is 12.7. The fraction of sp³-hybridized carbons (Fsp3) is 0.688. The lowest BCUT2D eigenvalue weighted by atomic mass is 9.66. The predicted molar refractivity (Wildman–Crippen MR) is 77.7 cm³/mol. The minimum atomic E-state index is -1.17. The molecular weight excluding hydrogens is 284 g/mol. The largest absolute Gasteiger partial charge is 0.446 e. The van der Waals surface area contributed by atoms with Gasteiger partial charge in [-0.2, -0.15) is 5.10 Å². The minimum Gasteiger partial charge on any atom is -0.446 e. The van der Waals surface area contributed by atoms with Crippen molar-refractivity contribution in [1.29, 1.82) is 0 Å². The van der Waals surface area contributed by atoms with Gasteiger partial charge in [-0.3, -0.25) is 4.79 Å². The normalized spacial score (nSPS) is 32.1. The Kier molecular flexibility index (Phi) is 2.97. The van der Waals surface area contributed by atoms with Gasteiger partial charge in [-0.15, -0.1) is 0 Å². The Hall–Kier alpha value is -1.85. The third-order valence-corrected chi connectivity index (χ3v) is 5.83. The van der Waals surface area contributed by atoms with Crippen LogP contribution in [0.3, 0.4) is 0 Å². The van der Waals surface area contributed by atoms with Crippen molar-refractivity contribution in [3.8, 4) is 0 Å². The number of ether oxygens (including phenoxy) is 2. The van der Waals surface area contributed by atoms with Crippen LogP contribution < -0.4 is 0 Å². The molecule has 2 aliphatic rings. The van der Waals surface area contributed by atoms with Gasteiger partial charge in [0.1, 0.15) is 0 Å². The van der Waals surface area contributed by atoms with Gasteiger partial charge < -0.3 is 9.47 Å². The molecule has 3 rings (SSSR count). The topological polar surface area (TPSA) is 70.4 Å². The molecule has 2 atom stereocenters. The van der Waals surface area contributed by atoms with E-state index in [0.717, 1.165) is 11.4 Å². The molecule has 0 amide bonds.